The maximum atomic E-state index is 11.7. The average molecular weight is 346 g/mol. The van der Waals surface area contributed by atoms with Gasteiger partial charge < -0.3 is 5.11 Å². The van der Waals surface area contributed by atoms with Crippen molar-refractivity contribution in [2.75, 3.05) is 0 Å². The minimum Gasteiger partial charge on any atom is -0.478 e. The van der Waals surface area contributed by atoms with Crippen molar-refractivity contribution >= 4 is 40.1 Å². The van der Waals surface area contributed by atoms with Crippen molar-refractivity contribution < 1.29 is 9.90 Å². The average Bonchev–Trinajstić information content (AvgIpc) is 2.52. The highest BCUT2D eigenvalue weighted by molar-refractivity contribution is 6.42. The van der Waals surface area contributed by atoms with Gasteiger partial charge in [0, 0.05) is 10.9 Å². The fraction of sp³-hybridized carbons (Fsp3) is 0.111. The van der Waals surface area contributed by atoms with E-state index in [1.807, 2.05) is 26.0 Å². The molecule has 0 unspecified atom stereocenters. The first-order valence-corrected chi connectivity index (χ1v) is 7.73. The fourth-order valence-corrected chi connectivity index (χ4v) is 2.91. The number of aromatic carboxylic acids is 1. The molecule has 0 aliphatic heterocycles. The number of carboxylic acid groups (broad SMARTS) is 1. The van der Waals surface area contributed by atoms with Gasteiger partial charge in [0.15, 0.2) is 0 Å². The lowest BCUT2D eigenvalue weighted by Crippen LogP contribution is -2.02. The number of pyridine rings is 1. The first-order chi connectivity index (χ1) is 10.9. The molecular weight excluding hydrogens is 333 g/mol. The highest BCUT2D eigenvalue weighted by Crippen LogP contribution is 2.32. The summed E-state index contributed by atoms with van der Waals surface area (Å²) in [7, 11) is 0. The van der Waals surface area contributed by atoms with E-state index in [0.29, 0.717) is 26.6 Å². The minimum atomic E-state index is -0.979. The molecule has 5 heteroatoms. The third kappa shape index (κ3) is 2.78. The van der Waals surface area contributed by atoms with Crippen LogP contribution in [-0.2, 0) is 0 Å². The molecule has 3 nitrogen and oxygen atoms in total. The molecule has 0 saturated heterocycles. The van der Waals surface area contributed by atoms with Crippen molar-refractivity contribution in [3.8, 4) is 11.3 Å². The third-order valence-corrected chi connectivity index (χ3v) is 4.56. The lowest BCUT2D eigenvalue weighted by atomic mass is 9.98. The van der Waals surface area contributed by atoms with Crippen LogP contribution >= 0.6 is 23.2 Å². The lowest BCUT2D eigenvalue weighted by molar-refractivity contribution is 0.0699. The van der Waals surface area contributed by atoms with Crippen LogP contribution in [0.1, 0.15) is 21.5 Å². The Labute approximate surface area is 143 Å². The summed E-state index contributed by atoms with van der Waals surface area (Å²) in [5, 5.41) is 11.1. The molecule has 1 N–H and O–H groups in total. The number of carbonyl (C=O) groups is 1. The molecule has 0 bridgehead atoms. The molecule has 0 aliphatic carbocycles. The molecule has 0 fully saturated rings. The Hall–Kier alpha value is -2.10. The van der Waals surface area contributed by atoms with Crippen molar-refractivity contribution in [1.29, 1.82) is 0 Å². The van der Waals surface area contributed by atoms with Crippen molar-refractivity contribution in [2.45, 2.75) is 13.8 Å². The molecule has 0 atom stereocenters. The van der Waals surface area contributed by atoms with Gasteiger partial charge >= 0.3 is 5.97 Å². The number of hydrogen-bond acceptors (Lipinski definition) is 2. The number of aromatic nitrogens is 1. The van der Waals surface area contributed by atoms with E-state index < -0.39 is 5.97 Å². The second-order valence-corrected chi connectivity index (χ2v) is 6.23. The molecule has 23 heavy (non-hydrogen) atoms. The van der Waals surface area contributed by atoms with Gasteiger partial charge in [-0.05, 0) is 43.2 Å². The van der Waals surface area contributed by atoms with Crippen LogP contribution in [0.2, 0.25) is 10.0 Å². The smallest absolute Gasteiger partial charge is 0.336 e. The molecule has 0 aliphatic rings. The van der Waals surface area contributed by atoms with Gasteiger partial charge in [-0.15, -0.1) is 0 Å². The lowest BCUT2D eigenvalue weighted by Gasteiger charge is -2.11. The second-order valence-electron chi connectivity index (χ2n) is 5.41. The van der Waals surface area contributed by atoms with Crippen LogP contribution in [0.25, 0.3) is 22.2 Å². The molecule has 0 spiro atoms. The Kier molecular flexibility index (Phi) is 4.00. The fourth-order valence-electron chi connectivity index (χ4n) is 2.61. The molecular formula is C18H13Cl2NO2. The predicted molar refractivity (Wildman–Crippen MR) is 93.6 cm³/mol. The molecule has 1 aromatic heterocycles. The van der Waals surface area contributed by atoms with Crippen molar-refractivity contribution in [1.82, 2.24) is 4.98 Å². The molecule has 116 valence electrons. The standard InChI is InChI=1S/C18H13Cl2NO2/c1-9-3-4-10(2)17-16(9)12(18(22)23)8-15(21-17)11-5-6-13(19)14(20)7-11/h3-8H,1-2H3,(H,22,23). The van der Waals surface area contributed by atoms with E-state index >= 15 is 0 Å². The van der Waals surface area contributed by atoms with E-state index in [0.717, 1.165) is 16.7 Å². The minimum absolute atomic E-state index is 0.234. The summed E-state index contributed by atoms with van der Waals surface area (Å²) in [6.45, 7) is 3.80. The van der Waals surface area contributed by atoms with Crippen LogP contribution in [0, 0.1) is 13.8 Å². The Morgan fingerprint density at radius 2 is 1.70 bits per heavy atom. The summed E-state index contributed by atoms with van der Waals surface area (Å²) >= 11 is 12.0. The number of nitrogens with zero attached hydrogens (tertiary/aromatic N) is 1. The van der Waals surface area contributed by atoms with Crippen LogP contribution < -0.4 is 0 Å². The second kappa shape index (κ2) is 5.84. The van der Waals surface area contributed by atoms with E-state index in [1.54, 1.807) is 24.3 Å². The molecule has 3 aromatic rings. The van der Waals surface area contributed by atoms with Gasteiger partial charge in [0.2, 0.25) is 0 Å². The first-order valence-electron chi connectivity index (χ1n) is 6.98. The molecule has 0 amide bonds. The van der Waals surface area contributed by atoms with Gasteiger partial charge in [0.05, 0.1) is 26.8 Å². The van der Waals surface area contributed by atoms with Gasteiger partial charge in [-0.2, -0.15) is 0 Å². The van der Waals surface area contributed by atoms with E-state index in [9.17, 15) is 9.90 Å². The monoisotopic (exact) mass is 345 g/mol. The van der Waals surface area contributed by atoms with Crippen LogP contribution in [0.5, 0.6) is 0 Å². The summed E-state index contributed by atoms with van der Waals surface area (Å²) in [4.78, 5) is 16.4. The molecule has 1 heterocycles. The van der Waals surface area contributed by atoms with Gasteiger partial charge in [0.25, 0.3) is 0 Å². The number of fused-ring (bicyclic) bond motifs is 1. The highest BCUT2D eigenvalue weighted by atomic mass is 35.5. The first kappa shape index (κ1) is 15.8. The Morgan fingerprint density at radius 3 is 2.35 bits per heavy atom. The van der Waals surface area contributed by atoms with Crippen molar-refractivity contribution in [3.05, 3.63) is 63.1 Å². The number of carboxylic acids is 1. The van der Waals surface area contributed by atoms with Crippen LogP contribution in [0.4, 0.5) is 0 Å². The summed E-state index contributed by atoms with van der Waals surface area (Å²) in [6.07, 6.45) is 0. The largest absolute Gasteiger partial charge is 0.478 e. The van der Waals surface area contributed by atoms with Gasteiger partial charge in [0.1, 0.15) is 0 Å². The van der Waals surface area contributed by atoms with E-state index in [2.05, 4.69) is 4.98 Å². The summed E-state index contributed by atoms with van der Waals surface area (Å²) in [6, 6.07) is 10.6. The Balaban J connectivity index is 2.37. The summed E-state index contributed by atoms with van der Waals surface area (Å²) in [5.41, 5.74) is 4.02. The summed E-state index contributed by atoms with van der Waals surface area (Å²) < 4.78 is 0. The van der Waals surface area contributed by atoms with E-state index in [-0.39, 0.29) is 5.56 Å². The van der Waals surface area contributed by atoms with Gasteiger partial charge in [-0.25, -0.2) is 9.78 Å². The maximum Gasteiger partial charge on any atom is 0.336 e. The normalized spacial score (nSPS) is 11.0. The summed E-state index contributed by atoms with van der Waals surface area (Å²) in [5.74, 6) is -0.979. The van der Waals surface area contributed by atoms with Gasteiger partial charge in [-0.1, -0.05) is 41.4 Å². The van der Waals surface area contributed by atoms with Crippen LogP contribution in [0.15, 0.2) is 36.4 Å². The number of aryl methyl sites for hydroxylation is 2. The van der Waals surface area contributed by atoms with E-state index in [1.165, 1.54) is 0 Å². The quantitative estimate of drug-likeness (QED) is 0.664. The van der Waals surface area contributed by atoms with E-state index in [4.69, 9.17) is 23.2 Å². The third-order valence-electron chi connectivity index (χ3n) is 3.82. The Morgan fingerprint density at radius 1 is 1.00 bits per heavy atom. The van der Waals surface area contributed by atoms with Crippen molar-refractivity contribution in [3.63, 3.8) is 0 Å². The maximum absolute atomic E-state index is 11.7. The molecule has 3 rings (SSSR count). The number of hydrogen-bond donors (Lipinski definition) is 1. The number of halogens is 2. The van der Waals surface area contributed by atoms with Crippen LogP contribution in [-0.4, -0.2) is 16.1 Å². The number of rotatable bonds is 2. The topological polar surface area (TPSA) is 50.2 Å². The van der Waals surface area contributed by atoms with Gasteiger partial charge in [-0.3, -0.25) is 0 Å². The number of benzene rings is 2. The molecule has 0 saturated carbocycles. The Bertz CT molecular complexity index is 951. The van der Waals surface area contributed by atoms with Crippen molar-refractivity contribution in [2.24, 2.45) is 0 Å². The SMILES string of the molecule is Cc1ccc(C)c2c(C(=O)O)cc(-c3ccc(Cl)c(Cl)c3)nc12. The zero-order valence-electron chi connectivity index (χ0n) is 12.5. The van der Waals surface area contributed by atoms with Crippen LogP contribution in [0.3, 0.4) is 0 Å². The molecule has 0 radical (unpaired) electrons. The zero-order valence-corrected chi connectivity index (χ0v) is 14.0. The predicted octanol–water partition coefficient (Wildman–Crippen LogP) is 5.52. The zero-order chi connectivity index (χ0) is 16.7. The molecule has 2 aromatic carbocycles. The highest BCUT2D eigenvalue weighted by Gasteiger charge is 2.16.